The predicted molar refractivity (Wildman–Crippen MR) is 301 cm³/mol. The van der Waals surface area contributed by atoms with Crippen molar-refractivity contribution >= 4 is 172 Å². The van der Waals surface area contributed by atoms with Crippen LogP contribution in [0.2, 0.25) is 15.2 Å². The molecule has 1 amide bonds. The number of aromatic amines is 3. The predicted octanol–water partition coefficient (Wildman–Crippen LogP) is 13.5. The van der Waals surface area contributed by atoms with Gasteiger partial charge in [0.15, 0.2) is 5.56 Å². The number of esters is 1. The Kier molecular flexibility index (Phi) is 23.1. The van der Waals surface area contributed by atoms with Gasteiger partial charge in [0.1, 0.15) is 64.8 Å². The quantitative estimate of drug-likeness (QED) is 0.0490. The molecule has 0 saturated heterocycles. The van der Waals surface area contributed by atoms with Crippen molar-refractivity contribution in [2.45, 2.75) is 83.2 Å². The number of thiophene rings is 4. The Bertz CT molecular complexity index is 3570. The van der Waals surface area contributed by atoms with Crippen LogP contribution in [-0.2, 0) is 9.30 Å². The normalized spacial score (nSPS) is 13.5. The number of H-pyrrole nitrogens is 3. The maximum Gasteiger partial charge on any atom is 0.347 e. The monoisotopic (exact) mass is 1220 g/mol. The summed E-state index contributed by atoms with van der Waals surface area (Å²) in [5.41, 5.74) is 3.74. The number of hydrogen-bond donors (Lipinski definition) is 7. The molecule has 28 heteroatoms. The average molecular weight is 1220 g/mol. The van der Waals surface area contributed by atoms with E-state index < -0.39 is 33.8 Å². The van der Waals surface area contributed by atoms with Crippen LogP contribution in [0.15, 0.2) is 60.2 Å². The Morgan fingerprint density at radius 3 is 1.65 bits per heavy atom. The van der Waals surface area contributed by atoms with E-state index in [9.17, 15) is 38.8 Å². The van der Waals surface area contributed by atoms with Crippen molar-refractivity contribution in [1.82, 2.24) is 25.3 Å². The van der Waals surface area contributed by atoms with E-state index in [4.69, 9.17) is 55.8 Å². The number of carbonyl (C=O) groups excluding carboxylic acids is 2. The number of nitrogens with two attached hydrogens (primary N) is 1. The number of nitrogens with zero attached hydrogens (tertiary/aromatic N) is 3. The molecule has 0 aromatic carbocycles. The van der Waals surface area contributed by atoms with E-state index in [1.165, 1.54) is 83.9 Å². The molecular weight excluding hydrogens is 1180 g/mol. The van der Waals surface area contributed by atoms with Crippen molar-refractivity contribution < 1.29 is 29.1 Å². The van der Waals surface area contributed by atoms with E-state index in [2.05, 4.69) is 59.0 Å². The van der Waals surface area contributed by atoms with Crippen LogP contribution in [0.4, 0.5) is 0 Å². The van der Waals surface area contributed by atoms with Crippen LogP contribution in [0.3, 0.4) is 0 Å². The Morgan fingerprint density at radius 1 is 0.716 bits per heavy atom. The van der Waals surface area contributed by atoms with Gasteiger partial charge in [0.2, 0.25) is 0 Å². The minimum absolute atomic E-state index is 0.0208. The van der Waals surface area contributed by atoms with Gasteiger partial charge in [-0.1, -0.05) is 73.3 Å². The number of aromatic hydroxyl groups is 2. The maximum atomic E-state index is 12.2. The number of nitriles is 2. The van der Waals surface area contributed by atoms with E-state index >= 15 is 0 Å². The van der Waals surface area contributed by atoms with Gasteiger partial charge in [-0.05, 0) is 112 Å². The van der Waals surface area contributed by atoms with E-state index in [-0.39, 0.29) is 56.6 Å². The summed E-state index contributed by atoms with van der Waals surface area (Å²) in [5, 5.41) is 47.4. The molecule has 0 bridgehead atoms. The van der Waals surface area contributed by atoms with Gasteiger partial charge in [0, 0.05) is 22.9 Å². The third-order valence-electron chi connectivity index (χ3n) is 10.8. The second-order valence-corrected chi connectivity index (χ2v) is 27.2. The Hall–Kier alpha value is -4.71. The lowest BCUT2D eigenvalue weighted by Crippen LogP contribution is -2.38. The molecule has 8 N–H and O–H groups in total. The molecule has 8 aromatic rings. The summed E-state index contributed by atoms with van der Waals surface area (Å²) in [7, 11) is 0. The van der Waals surface area contributed by atoms with Crippen molar-refractivity contribution in [2.75, 3.05) is 6.61 Å². The summed E-state index contributed by atoms with van der Waals surface area (Å²) >= 11 is 36.8. The molecule has 0 atom stereocenters. The molecule has 0 spiro atoms. The van der Waals surface area contributed by atoms with Crippen LogP contribution in [0.5, 0.6) is 11.5 Å². The standard InChI is InChI=1S/C14H16N2O3S.C10H9NO4S.C8H2Cl2N2S.C8H3ClN2OS.C6H13N.Cl3OP/c17-11-9-6-7-20-14(9)16-13(19)10(11)12(18)15-8-4-2-1-3-5-8;1-2-15-10(14)6-7(12)5-3-4-16-9(5)11-8(6)13;9-6-4-1-2-13-8(4)12-7(10)5(6)3-11;9-6-4-1-2-13-8(4)11-7(12)5(6)3-10;7-6-4-2-1-3-5-6;1-5(2,3)4/h6-8H,1-5H2,(H,15,18)(H2,16,17,19);3-4H,2H2,1H3,(H2,11,12,13);1-2H;1-2H,(H,11,12);6H,1-5,7H2;. The lowest BCUT2D eigenvalue weighted by Gasteiger charge is -2.22. The van der Waals surface area contributed by atoms with Gasteiger partial charge >= 0.3 is 11.2 Å². The van der Waals surface area contributed by atoms with Gasteiger partial charge in [0.05, 0.1) is 27.4 Å². The highest BCUT2D eigenvalue weighted by Gasteiger charge is 2.24. The second kappa shape index (κ2) is 28.4. The zero-order valence-corrected chi connectivity index (χ0v) is 47.3. The number of fused-ring (bicyclic) bond motifs is 4. The van der Waals surface area contributed by atoms with Crippen molar-refractivity contribution in [3.63, 3.8) is 0 Å². The van der Waals surface area contributed by atoms with E-state index in [0.29, 0.717) is 36.3 Å². The zero-order valence-electron chi connectivity index (χ0n) is 38.6. The highest BCUT2D eigenvalue weighted by molar-refractivity contribution is 8.24. The third-order valence-corrected chi connectivity index (χ3v) is 15.2. The molecular formula is C46H43Cl6N8O9PS4. The number of aromatic nitrogens is 4. The molecule has 0 radical (unpaired) electrons. The van der Waals surface area contributed by atoms with E-state index in [0.717, 1.165) is 41.3 Å². The first-order valence-electron chi connectivity index (χ1n) is 22.1. The molecule has 0 unspecified atom stereocenters. The molecule has 392 valence electrons. The largest absolute Gasteiger partial charge is 0.506 e. The summed E-state index contributed by atoms with van der Waals surface area (Å²) in [5.74, 6) is -1.84. The lowest BCUT2D eigenvalue weighted by atomic mass is 9.95. The van der Waals surface area contributed by atoms with Crippen molar-refractivity contribution in [2.24, 2.45) is 5.73 Å². The van der Waals surface area contributed by atoms with Gasteiger partial charge in [-0.25, -0.2) is 9.78 Å². The fraction of sp³-hybridized carbons (Fsp3) is 0.304. The zero-order chi connectivity index (χ0) is 54.3. The second-order valence-electron chi connectivity index (χ2n) is 15.8. The molecule has 2 aliphatic carbocycles. The van der Waals surface area contributed by atoms with Gasteiger partial charge in [-0.2, -0.15) is 10.5 Å². The average Bonchev–Trinajstić information content (AvgIpc) is 4.19. The minimum atomic E-state index is -3.22. The summed E-state index contributed by atoms with van der Waals surface area (Å²) in [6.07, 6.45) is 11.9. The summed E-state index contributed by atoms with van der Waals surface area (Å²) in [6, 6.07) is 11.3. The maximum absolute atomic E-state index is 12.2. The van der Waals surface area contributed by atoms with Crippen LogP contribution in [-0.4, -0.2) is 60.7 Å². The minimum Gasteiger partial charge on any atom is -0.506 e. The number of carbonyl (C=O) groups is 2. The van der Waals surface area contributed by atoms with Gasteiger partial charge < -0.3 is 41.0 Å². The highest BCUT2D eigenvalue weighted by Crippen LogP contribution is 2.61. The number of hydrogen-bond acceptors (Lipinski definition) is 17. The van der Waals surface area contributed by atoms with Crippen LogP contribution in [0, 0.1) is 22.7 Å². The molecule has 17 nitrogen and oxygen atoms in total. The molecule has 10 rings (SSSR count). The summed E-state index contributed by atoms with van der Waals surface area (Å²) < 4.78 is 14.2. The Labute approximate surface area is 466 Å². The highest BCUT2D eigenvalue weighted by atomic mass is 36.0. The summed E-state index contributed by atoms with van der Waals surface area (Å²) in [4.78, 5) is 72.8. The molecule has 0 aliphatic heterocycles. The number of rotatable bonds is 4. The SMILES string of the molecule is CCOC(=O)c1c(O)c2ccsc2[nH]c1=O.N#Cc1c(Cl)c2ccsc2[nH]c1=O.N#Cc1c(Cl)nc2sccc2c1Cl.NC1CCCCC1.O=C(NC1CCCCC1)c1c(O)c2ccsc2[nH]c1=O.O=P(Cl)(Cl)Cl. The van der Waals surface area contributed by atoms with E-state index in [1.807, 2.05) is 22.9 Å². The van der Waals surface area contributed by atoms with Crippen LogP contribution in [0.1, 0.15) is 103 Å². The molecule has 74 heavy (non-hydrogen) atoms. The number of amides is 1. The van der Waals surface area contributed by atoms with Crippen LogP contribution >= 0.6 is 119 Å². The topological polar surface area (TPSA) is 298 Å². The van der Waals surface area contributed by atoms with Crippen LogP contribution in [0.25, 0.3) is 40.9 Å². The lowest BCUT2D eigenvalue weighted by molar-refractivity contribution is 0.0521. The molecule has 8 aromatic heterocycles. The number of halogens is 6. The number of pyridine rings is 4. The first-order chi connectivity index (χ1) is 35.2. The fourth-order valence-electron chi connectivity index (χ4n) is 7.34. The van der Waals surface area contributed by atoms with Crippen molar-refractivity contribution in [3.8, 4) is 23.6 Å². The smallest absolute Gasteiger partial charge is 0.347 e. The summed E-state index contributed by atoms with van der Waals surface area (Å²) in [6.45, 7) is 1.78. The van der Waals surface area contributed by atoms with Crippen LogP contribution < -0.4 is 27.7 Å². The van der Waals surface area contributed by atoms with Gasteiger partial charge in [-0.3, -0.25) is 23.7 Å². The fourth-order valence-corrected chi connectivity index (χ4v) is 11.5. The Morgan fingerprint density at radius 2 is 1.15 bits per heavy atom. The molecule has 2 saturated carbocycles. The van der Waals surface area contributed by atoms with Crippen molar-refractivity contribution in [3.05, 3.63) is 114 Å². The number of nitrogens with one attached hydrogen (secondary N) is 4. The third kappa shape index (κ3) is 16.4. The van der Waals surface area contributed by atoms with Crippen molar-refractivity contribution in [1.29, 1.82) is 10.5 Å². The Balaban J connectivity index is 0.000000172. The molecule has 8 heterocycles. The van der Waals surface area contributed by atoms with Gasteiger partial charge in [0.25, 0.3) is 22.6 Å². The molecule has 2 aliphatic rings. The van der Waals surface area contributed by atoms with Gasteiger partial charge in [-0.15, -0.1) is 45.3 Å². The van der Waals surface area contributed by atoms with E-state index in [1.54, 1.807) is 42.0 Å². The first kappa shape index (κ1) is 60.2. The first-order valence-corrected chi connectivity index (χ1v) is 31.1. The molecule has 2 fully saturated rings. The number of ether oxygens (including phenoxy) is 1.